The van der Waals surface area contributed by atoms with Crippen LogP contribution in [0.4, 0.5) is 39.5 Å². The van der Waals surface area contributed by atoms with Crippen molar-refractivity contribution in [3.63, 3.8) is 0 Å². The highest BCUT2D eigenvalue weighted by Crippen LogP contribution is 2.65. The fourth-order valence-electron chi connectivity index (χ4n) is 8.98. The highest BCUT2D eigenvalue weighted by atomic mass is 19.4. The van der Waals surface area contributed by atoms with E-state index in [0.29, 0.717) is 30.6 Å². The van der Waals surface area contributed by atoms with Crippen molar-refractivity contribution in [1.29, 1.82) is 0 Å². The minimum absolute atomic E-state index is 0.0368. The van der Waals surface area contributed by atoms with Gasteiger partial charge in [0.05, 0.1) is 12.0 Å². The van der Waals surface area contributed by atoms with E-state index in [9.17, 15) is 59.6 Å². The number of aliphatic carboxylic acids is 1. The van der Waals surface area contributed by atoms with Crippen LogP contribution in [0.5, 0.6) is 5.75 Å². The van der Waals surface area contributed by atoms with E-state index in [1.807, 2.05) is 6.07 Å². The average Bonchev–Trinajstić information content (AvgIpc) is 3.31. The maximum atomic E-state index is 13.9. The Balaban J connectivity index is 1.22. The maximum absolute atomic E-state index is 13.9. The number of unbranched alkanes of at least 4 members (excludes halogenated alkanes) is 6. The molecule has 0 aromatic heterocycles. The molecule has 4 rings (SSSR count). The van der Waals surface area contributed by atoms with E-state index < -0.39 is 54.8 Å². The molecule has 0 aliphatic heterocycles. The second-order valence-electron chi connectivity index (χ2n) is 14.8. The molecule has 0 heterocycles. The summed E-state index contributed by atoms with van der Waals surface area (Å²) < 4.78 is 118. The van der Waals surface area contributed by atoms with Crippen LogP contribution in [0.3, 0.4) is 0 Å². The van der Waals surface area contributed by atoms with Gasteiger partial charge in [-0.3, -0.25) is 4.79 Å². The topological polar surface area (TPSA) is 77.8 Å². The molecular formula is C36H47F9O4. The lowest BCUT2D eigenvalue weighted by molar-refractivity contribution is -0.396. The molecular weight excluding hydrogens is 667 g/mol. The Morgan fingerprint density at radius 3 is 2.12 bits per heavy atom. The van der Waals surface area contributed by atoms with Crippen LogP contribution in [0, 0.1) is 29.1 Å². The summed E-state index contributed by atoms with van der Waals surface area (Å²) in [4.78, 5) is 11.5. The van der Waals surface area contributed by atoms with Crippen LogP contribution in [0.1, 0.15) is 126 Å². The largest absolute Gasteiger partial charge is 0.508 e. The summed E-state index contributed by atoms with van der Waals surface area (Å²) in [6, 6.07) is 5.34. The number of rotatable bonds is 16. The molecule has 0 bridgehead atoms. The van der Waals surface area contributed by atoms with Gasteiger partial charge in [-0.05, 0) is 97.3 Å². The predicted octanol–water partition coefficient (Wildman–Crippen LogP) is 11.0. The number of benzene rings is 1. The summed E-state index contributed by atoms with van der Waals surface area (Å²) >= 11 is 0. The number of carboxylic acids is 1. The number of aliphatic hydroxyl groups is 1. The number of hydrogen-bond donors (Lipinski definition) is 3. The number of carboxylic acid groups (broad SMARTS) is 1. The Bertz CT molecular complexity index is 1330. The third-order valence-corrected chi connectivity index (χ3v) is 11.9. The first kappa shape index (κ1) is 39.3. The zero-order valence-corrected chi connectivity index (χ0v) is 27.7. The smallest absolute Gasteiger partial charge is 0.460 e. The van der Waals surface area contributed by atoms with Gasteiger partial charge in [-0.2, -0.15) is 39.5 Å². The van der Waals surface area contributed by atoms with E-state index in [0.717, 1.165) is 68.9 Å². The lowest BCUT2D eigenvalue weighted by Gasteiger charge is -2.54. The van der Waals surface area contributed by atoms with Crippen LogP contribution in [0.25, 0.3) is 0 Å². The van der Waals surface area contributed by atoms with Crippen LogP contribution < -0.4 is 0 Å². The zero-order chi connectivity index (χ0) is 36.6. The molecule has 3 aliphatic rings. The molecule has 0 amide bonds. The SMILES string of the molecule is C=C1CCC2C3C(CC[C@]12C)c1ccc(O)cc1[C@@H](O)[C@H]3CCCCCCCCCC(CCC(F)(F)C(F)(F)C(F)(F)C(F)(F)F)C(=O)O. The highest BCUT2D eigenvalue weighted by molar-refractivity contribution is 5.69. The van der Waals surface area contributed by atoms with Crippen molar-refractivity contribution in [2.75, 3.05) is 0 Å². The van der Waals surface area contributed by atoms with Gasteiger partial charge in [0, 0.05) is 6.42 Å². The van der Waals surface area contributed by atoms with Gasteiger partial charge in [0.1, 0.15) is 5.75 Å². The van der Waals surface area contributed by atoms with Crippen LogP contribution >= 0.6 is 0 Å². The van der Waals surface area contributed by atoms with E-state index in [4.69, 9.17) is 0 Å². The lowest BCUT2D eigenvalue weighted by atomic mass is 9.51. The van der Waals surface area contributed by atoms with E-state index in [1.165, 1.54) is 5.57 Å². The van der Waals surface area contributed by atoms with Gasteiger partial charge in [0.15, 0.2) is 0 Å². The maximum Gasteiger partial charge on any atom is 0.460 e. The summed E-state index contributed by atoms with van der Waals surface area (Å²) in [5.74, 6) is -21.5. The van der Waals surface area contributed by atoms with Gasteiger partial charge in [-0.25, -0.2) is 0 Å². The van der Waals surface area contributed by atoms with Crippen molar-refractivity contribution < 1.29 is 59.6 Å². The minimum atomic E-state index is -6.99. The van der Waals surface area contributed by atoms with Crippen molar-refractivity contribution in [3.8, 4) is 5.75 Å². The quantitative estimate of drug-likeness (QED) is 0.0905. The predicted molar refractivity (Wildman–Crippen MR) is 165 cm³/mol. The van der Waals surface area contributed by atoms with E-state index >= 15 is 0 Å². The summed E-state index contributed by atoms with van der Waals surface area (Å²) in [6.45, 7) is 6.70. The summed E-state index contributed by atoms with van der Waals surface area (Å²) in [5, 5.41) is 31.1. The molecule has 3 N–H and O–H groups in total. The number of phenols is 1. The molecule has 2 fully saturated rings. The number of halogens is 9. The molecule has 49 heavy (non-hydrogen) atoms. The molecule has 0 saturated heterocycles. The number of aliphatic hydroxyl groups excluding tert-OH is 1. The van der Waals surface area contributed by atoms with E-state index in [2.05, 4.69) is 13.5 Å². The first-order valence-electron chi connectivity index (χ1n) is 17.3. The fourth-order valence-corrected chi connectivity index (χ4v) is 8.98. The Hall–Kier alpha value is -2.44. The first-order valence-corrected chi connectivity index (χ1v) is 17.3. The molecule has 4 unspecified atom stereocenters. The van der Waals surface area contributed by atoms with Crippen molar-refractivity contribution >= 4 is 5.97 Å². The summed E-state index contributed by atoms with van der Waals surface area (Å²) in [5.41, 5.74) is 3.29. The van der Waals surface area contributed by atoms with Crippen LogP contribution in [-0.4, -0.2) is 45.2 Å². The Morgan fingerprint density at radius 2 is 1.51 bits per heavy atom. The molecule has 7 atom stereocenters. The first-order chi connectivity index (χ1) is 22.7. The monoisotopic (exact) mass is 714 g/mol. The molecule has 4 nitrogen and oxygen atoms in total. The normalized spacial score (nSPS) is 28.1. The standard InChI is InChI=1S/C36H47F9O4/c1-21-12-15-28-29-25(17-18-32(21,28)2)24-14-13-23(46)20-27(24)30(47)26(29)11-9-7-5-3-4-6-8-10-22(31(48)49)16-19-33(37,38)34(39,40)35(41,42)36(43,44)45/h13-14,20,22,25-26,28-30,46-47H,1,3-12,15-19H2,2H3,(H,48,49)/t22?,25?,26-,28?,29?,30-,32+/m0/s1. The van der Waals surface area contributed by atoms with Gasteiger partial charge in [0.2, 0.25) is 0 Å². The Morgan fingerprint density at radius 1 is 0.898 bits per heavy atom. The molecule has 2 saturated carbocycles. The summed E-state index contributed by atoms with van der Waals surface area (Å²) in [6.07, 6.45) is -1.42. The Kier molecular flexibility index (Phi) is 11.8. The number of phenolic OH excluding ortho intramolecular Hbond substituents is 1. The van der Waals surface area contributed by atoms with Gasteiger partial charge in [0.25, 0.3) is 0 Å². The van der Waals surface area contributed by atoms with Crippen molar-refractivity contribution in [3.05, 3.63) is 41.5 Å². The zero-order valence-electron chi connectivity index (χ0n) is 27.7. The number of hydrogen-bond acceptors (Lipinski definition) is 3. The second-order valence-corrected chi connectivity index (χ2v) is 14.8. The van der Waals surface area contributed by atoms with E-state index in [-0.39, 0.29) is 29.9 Å². The fraction of sp³-hybridized carbons (Fsp3) is 0.750. The third kappa shape index (κ3) is 7.61. The number of alkyl halides is 9. The Labute approximate surface area is 281 Å². The highest BCUT2D eigenvalue weighted by Gasteiger charge is 2.81. The van der Waals surface area contributed by atoms with Gasteiger partial charge in [-0.1, -0.05) is 70.1 Å². The average molecular weight is 715 g/mol. The van der Waals surface area contributed by atoms with Crippen molar-refractivity contribution in [2.45, 2.75) is 139 Å². The number of carbonyl (C=O) groups is 1. The minimum Gasteiger partial charge on any atom is -0.508 e. The molecule has 278 valence electrons. The van der Waals surface area contributed by atoms with Crippen LogP contribution in [-0.2, 0) is 4.79 Å². The van der Waals surface area contributed by atoms with Gasteiger partial charge >= 0.3 is 29.9 Å². The molecule has 1 aromatic rings. The molecule has 3 aliphatic carbocycles. The third-order valence-electron chi connectivity index (χ3n) is 11.9. The number of fused-ring (bicyclic) bond motifs is 5. The van der Waals surface area contributed by atoms with Crippen molar-refractivity contribution in [2.24, 2.45) is 29.1 Å². The second kappa shape index (κ2) is 14.7. The number of allylic oxidation sites excluding steroid dienone is 1. The van der Waals surface area contributed by atoms with Crippen molar-refractivity contribution in [1.82, 2.24) is 0 Å². The molecule has 13 heteroatoms. The van der Waals surface area contributed by atoms with Crippen LogP contribution in [0.15, 0.2) is 30.4 Å². The molecule has 0 radical (unpaired) electrons. The molecule has 0 spiro atoms. The van der Waals surface area contributed by atoms with E-state index in [1.54, 1.807) is 12.1 Å². The number of aromatic hydroxyl groups is 1. The van der Waals surface area contributed by atoms with Gasteiger partial charge < -0.3 is 15.3 Å². The van der Waals surface area contributed by atoms with Crippen LogP contribution in [0.2, 0.25) is 0 Å². The summed E-state index contributed by atoms with van der Waals surface area (Å²) in [7, 11) is 0. The lowest BCUT2D eigenvalue weighted by Crippen LogP contribution is -2.60. The molecule has 1 aromatic carbocycles. The van der Waals surface area contributed by atoms with Gasteiger partial charge in [-0.15, -0.1) is 0 Å².